The second-order valence-corrected chi connectivity index (χ2v) is 4.93. The Balaban J connectivity index is 2.14. The fourth-order valence-electron chi connectivity index (χ4n) is 2.73. The van der Waals surface area contributed by atoms with Crippen LogP contribution in [0.2, 0.25) is 0 Å². The molecule has 0 aliphatic carbocycles. The molecule has 0 spiro atoms. The highest BCUT2D eigenvalue weighted by Gasteiger charge is 2.26. The Morgan fingerprint density at radius 3 is 2.53 bits per heavy atom. The second-order valence-electron chi connectivity index (χ2n) is 4.93. The van der Waals surface area contributed by atoms with E-state index in [0.29, 0.717) is 5.92 Å². The number of benzene rings is 1. The monoisotopic (exact) mass is 236 g/mol. The smallest absolute Gasteiger partial charge is 0.127 e. The van der Waals surface area contributed by atoms with Gasteiger partial charge in [-0.2, -0.15) is 0 Å². The second kappa shape index (κ2) is 5.61. The molecule has 94 valence electrons. The molecule has 3 heteroatoms. The molecule has 1 atom stereocenters. The molecule has 2 nitrogen and oxygen atoms in total. The lowest BCUT2D eigenvalue weighted by Crippen LogP contribution is -2.36. The third kappa shape index (κ3) is 2.85. The highest BCUT2D eigenvalue weighted by atomic mass is 19.1. The summed E-state index contributed by atoms with van der Waals surface area (Å²) in [7, 11) is 4.07. The van der Waals surface area contributed by atoms with Crippen molar-refractivity contribution in [3.8, 4) is 0 Å². The van der Waals surface area contributed by atoms with Crippen LogP contribution in [0.25, 0.3) is 0 Å². The predicted octanol–water partition coefficient (Wildman–Crippen LogP) is 2.43. The van der Waals surface area contributed by atoms with E-state index in [1.54, 1.807) is 12.1 Å². The van der Waals surface area contributed by atoms with Gasteiger partial charge in [-0.15, -0.1) is 0 Å². The first-order valence-corrected chi connectivity index (χ1v) is 6.32. The van der Waals surface area contributed by atoms with Gasteiger partial charge in [-0.3, -0.25) is 0 Å². The minimum absolute atomic E-state index is 0.0919. The third-order valence-corrected chi connectivity index (χ3v) is 3.79. The van der Waals surface area contributed by atoms with Crippen molar-refractivity contribution in [1.29, 1.82) is 0 Å². The van der Waals surface area contributed by atoms with E-state index in [4.69, 9.17) is 0 Å². The normalized spacial score (nSPS) is 20.4. The highest BCUT2D eigenvalue weighted by Crippen LogP contribution is 2.31. The van der Waals surface area contributed by atoms with Gasteiger partial charge in [0.2, 0.25) is 0 Å². The molecule has 1 aromatic rings. The lowest BCUT2D eigenvalue weighted by Gasteiger charge is -2.34. The summed E-state index contributed by atoms with van der Waals surface area (Å²) in [5, 5.41) is 3.29. The first-order valence-electron chi connectivity index (χ1n) is 6.32. The molecule has 0 aromatic heterocycles. The lowest BCUT2D eigenvalue weighted by atomic mass is 9.85. The van der Waals surface area contributed by atoms with Crippen LogP contribution in [0.5, 0.6) is 0 Å². The van der Waals surface area contributed by atoms with Gasteiger partial charge >= 0.3 is 0 Å². The molecule has 0 amide bonds. The fraction of sp³-hybridized carbons (Fsp3) is 0.571. The average Bonchev–Trinajstić information content (AvgIpc) is 2.35. The van der Waals surface area contributed by atoms with Gasteiger partial charge in [0, 0.05) is 11.6 Å². The average molecular weight is 236 g/mol. The Kier molecular flexibility index (Phi) is 4.13. The molecule has 1 N–H and O–H groups in total. The minimum Gasteiger partial charge on any atom is -0.313 e. The van der Waals surface area contributed by atoms with Gasteiger partial charge < -0.3 is 10.2 Å². The van der Waals surface area contributed by atoms with E-state index < -0.39 is 0 Å². The van der Waals surface area contributed by atoms with Gasteiger partial charge in [-0.05, 0) is 52.0 Å². The van der Waals surface area contributed by atoms with Crippen molar-refractivity contribution < 1.29 is 4.39 Å². The van der Waals surface area contributed by atoms with E-state index in [1.165, 1.54) is 0 Å². The maximum atomic E-state index is 13.8. The van der Waals surface area contributed by atoms with E-state index in [0.717, 1.165) is 31.5 Å². The molecule has 2 rings (SSSR count). The summed E-state index contributed by atoms with van der Waals surface area (Å²) in [6, 6.07) is 7.26. The Labute approximate surface area is 103 Å². The quantitative estimate of drug-likeness (QED) is 0.867. The molecule has 0 bridgehead atoms. The molecular weight excluding hydrogens is 215 g/mol. The molecule has 1 aliphatic heterocycles. The van der Waals surface area contributed by atoms with Crippen LogP contribution in [0.4, 0.5) is 4.39 Å². The number of nitrogens with one attached hydrogen (secondary N) is 1. The summed E-state index contributed by atoms with van der Waals surface area (Å²) in [5.41, 5.74) is 0.810. The van der Waals surface area contributed by atoms with Gasteiger partial charge in [0.1, 0.15) is 5.82 Å². The van der Waals surface area contributed by atoms with Crippen LogP contribution in [-0.4, -0.2) is 32.1 Å². The molecule has 0 radical (unpaired) electrons. The molecular formula is C14H21FN2. The minimum atomic E-state index is -0.0919. The fourth-order valence-corrected chi connectivity index (χ4v) is 2.73. The van der Waals surface area contributed by atoms with Crippen LogP contribution < -0.4 is 5.32 Å². The van der Waals surface area contributed by atoms with E-state index >= 15 is 0 Å². The maximum Gasteiger partial charge on any atom is 0.127 e. The molecule has 1 aromatic carbocycles. The topological polar surface area (TPSA) is 15.3 Å². The van der Waals surface area contributed by atoms with Crippen molar-refractivity contribution in [3.05, 3.63) is 35.6 Å². The van der Waals surface area contributed by atoms with Crippen LogP contribution >= 0.6 is 0 Å². The van der Waals surface area contributed by atoms with Gasteiger partial charge in [-0.1, -0.05) is 18.2 Å². The van der Waals surface area contributed by atoms with Gasteiger partial charge in [0.05, 0.1) is 0 Å². The van der Waals surface area contributed by atoms with E-state index in [2.05, 4.69) is 17.3 Å². The number of piperidine rings is 1. The first-order chi connectivity index (χ1) is 8.22. The molecule has 1 unspecified atom stereocenters. The number of halogens is 1. The summed E-state index contributed by atoms with van der Waals surface area (Å²) in [5.74, 6) is 0.443. The number of nitrogens with zero attached hydrogens (tertiary/aromatic N) is 1. The van der Waals surface area contributed by atoms with Crippen LogP contribution in [0, 0.1) is 11.7 Å². The Bertz CT molecular complexity index is 359. The molecule has 1 fully saturated rings. The largest absolute Gasteiger partial charge is 0.313 e. The van der Waals surface area contributed by atoms with E-state index in [9.17, 15) is 4.39 Å². The number of rotatable bonds is 3. The zero-order valence-corrected chi connectivity index (χ0v) is 10.6. The predicted molar refractivity (Wildman–Crippen MR) is 68.4 cm³/mol. The number of likely N-dealkylation sites (tertiary alicyclic amines) is 1. The number of hydrogen-bond acceptors (Lipinski definition) is 2. The summed E-state index contributed by atoms with van der Waals surface area (Å²) in [4.78, 5) is 2.34. The van der Waals surface area contributed by atoms with Crippen LogP contribution in [0.1, 0.15) is 24.4 Å². The Morgan fingerprint density at radius 1 is 1.29 bits per heavy atom. The Hall–Kier alpha value is -0.930. The standard InChI is InChI=1S/C14H21FN2/c1-16-14(11-7-9-17(2)10-8-11)12-5-3-4-6-13(12)15/h3-6,11,14,16H,7-10H2,1-2H3. The lowest BCUT2D eigenvalue weighted by molar-refractivity contribution is 0.187. The molecule has 1 heterocycles. The maximum absolute atomic E-state index is 13.8. The van der Waals surface area contributed by atoms with Crippen molar-refractivity contribution in [3.63, 3.8) is 0 Å². The van der Waals surface area contributed by atoms with Gasteiger partial charge in [-0.25, -0.2) is 4.39 Å². The van der Waals surface area contributed by atoms with Crippen molar-refractivity contribution in [1.82, 2.24) is 10.2 Å². The van der Waals surface area contributed by atoms with E-state index in [1.807, 2.05) is 19.2 Å². The molecule has 0 saturated carbocycles. The van der Waals surface area contributed by atoms with Crippen molar-refractivity contribution in [2.45, 2.75) is 18.9 Å². The summed E-state index contributed by atoms with van der Waals surface area (Å²) < 4.78 is 13.8. The molecule has 1 aliphatic rings. The Morgan fingerprint density at radius 2 is 1.94 bits per heavy atom. The zero-order chi connectivity index (χ0) is 12.3. The SMILES string of the molecule is CNC(c1ccccc1F)C1CCN(C)CC1. The van der Waals surface area contributed by atoms with Crippen molar-refractivity contribution >= 4 is 0 Å². The van der Waals surface area contributed by atoms with Crippen LogP contribution in [-0.2, 0) is 0 Å². The first kappa shape index (κ1) is 12.5. The zero-order valence-electron chi connectivity index (χ0n) is 10.6. The van der Waals surface area contributed by atoms with Gasteiger partial charge in [0.15, 0.2) is 0 Å². The highest BCUT2D eigenvalue weighted by molar-refractivity contribution is 5.22. The number of hydrogen-bond donors (Lipinski definition) is 1. The summed E-state index contributed by atoms with van der Waals surface area (Å²) in [6.45, 7) is 2.22. The van der Waals surface area contributed by atoms with Crippen molar-refractivity contribution in [2.75, 3.05) is 27.2 Å². The van der Waals surface area contributed by atoms with Crippen LogP contribution in [0.15, 0.2) is 24.3 Å². The van der Waals surface area contributed by atoms with Crippen molar-refractivity contribution in [2.24, 2.45) is 5.92 Å². The van der Waals surface area contributed by atoms with Crippen LogP contribution in [0.3, 0.4) is 0 Å². The van der Waals surface area contributed by atoms with Gasteiger partial charge in [0.25, 0.3) is 0 Å². The summed E-state index contributed by atoms with van der Waals surface area (Å²) in [6.07, 6.45) is 2.27. The third-order valence-electron chi connectivity index (χ3n) is 3.79. The molecule has 17 heavy (non-hydrogen) atoms. The molecule has 1 saturated heterocycles. The summed E-state index contributed by atoms with van der Waals surface area (Å²) >= 11 is 0. The van der Waals surface area contributed by atoms with E-state index in [-0.39, 0.29) is 11.9 Å².